The number of benzene rings is 1. The van der Waals surface area contributed by atoms with Crippen LogP contribution in [-0.4, -0.2) is 16.7 Å². The summed E-state index contributed by atoms with van der Waals surface area (Å²) in [6, 6.07) is 6.02. The molecular weight excluding hydrogens is 244 g/mol. The van der Waals surface area contributed by atoms with Gasteiger partial charge in [-0.25, -0.2) is 0 Å². The van der Waals surface area contributed by atoms with E-state index in [1.807, 2.05) is 12.1 Å². The van der Waals surface area contributed by atoms with Crippen molar-refractivity contribution in [2.75, 3.05) is 7.11 Å². The van der Waals surface area contributed by atoms with Gasteiger partial charge in [0.25, 0.3) is 0 Å². The van der Waals surface area contributed by atoms with E-state index in [0.29, 0.717) is 11.8 Å². The molecule has 0 aliphatic rings. The predicted molar refractivity (Wildman–Crippen MR) is 77.7 cm³/mol. The van der Waals surface area contributed by atoms with E-state index in [4.69, 9.17) is 17.0 Å². The topological polar surface area (TPSA) is 29.9 Å². The zero-order valence-corrected chi connectivity index (χ0v) is 12.2. The number of H-pyrrole nitrogens is 1. The number of rotatable bonds is 4. The van der Waals surface area contributed by atoms with Gasteiger partial charge >= 0.3 is 0 Å². The van der Waals surface area contributed by atoms with Crippen LogP contribution in [0.3, 0.4) is 0 Å². The number of hydrogen-bond acceptors (Lipinski definition) is 2. The van der Waals surface area contributed by atoms with Crippen molar-refractivity contribution in [3.63, 3.8) is 0 Å². The largest absolute Gasteiger partial charge is 0.497 e. The second-order valence-corrected chi connectivity index (χ2v) is 5.53. The van der Waals surface area contributed by atoms with Gasteiger partial charge < -0.3 is 14.3 Å². The van der Waals surface area contributed by atoms with Crippen LogP contribution in [-0.2, 0) is 6.54 Å². The van der Waals surface area contributed by atoms with Crippen LogP contribution in [0.4, 0.5) is 0 Å². The van der Waals surface area contributed by atoms with E-state index in [9.17, 15) is 0 Å². The highest BCUT2D eigenvalue weighted by molar-refractivity contribution is 7.71. The fraction of sp³-hybridized carbons (Fsp3) is 0.500. The minimum atomic E-state index is 0.595. The van der Waals surface area contributed by atoms with E-state index in [1.54, 1.807) is 7.11 Å². The summed E-state index contributed by atoms with van der Waals surface area (Å²) in [6.07, 6.45) is 0. The third kappa shape index (κ3) is 2.43. The van der Waals surface area contributed by atoms with E-state index < -0.39 is 0 Å². The predicted octanol–water partition coefficient (Wildman–Crippen LogP) is 4.00. The van der Waals surface area contributed by atoms with Gasteiger partial charge in [0.05, 0.1) is 18.1 Å². The van der Waals surface area contributed by atoms with E-state index in [2.05, 4.69) is 36.4 Å². The van der Waals surface area contributed by atoms with Crippen LogP contribution in [0.1, 0.15) is 20.8 Å². The molecule has 0 saturated carbocycles. The number of imidazole rings is 1. The molecule has 0 saturated heterocycles. The molecule has 1 heterocycles. The Hall–Kier alpha value is -1.29. The summed E-state index contributed by atoms with van der Waals surface area (Å²) in [7, 11) is 1.67. The summed E-state index contributed by atoms with van der Waals surface area (Å²) in [5.41, 5.74) is 2.18. The Kier molecular flexibility index (Phi) is 3.76. The number of methoxy groups -OCH3 is 1. The average Bonchev–Trinajstić information content (AvgIpc) is 2.64. The number of nitrogens with zero attached hydrogens (tertiary/aromatic N) is 1. The molecule has 98 valence electrons. The Labute approximate surface area is 113 Å². The monoisotopic (exact) mass is 264 g/mol. The molecule has 0 amide bonds. The number of nitrogens with one attached hydrogen (secondary N) is 1. The van der Waals surface area contributed by atoms with Crippen molar-refractivity contribution in [2.45, 2.75) is 27.3 Å². The number of aromatic amines is 1. The molecule has 0 aliphatic carbocycles. The van der Waals surface area contributed by atoms with Gasteiger partial charge in [0.15, 0.2) is 4.77 Å². The van der Waals surface area contributed by atoms with Crippen LogP contribution in [0.5, 0.6) is 5.75 Å². The van der Waals surface area contributed by atoms with Crippen molar-refractivity contribution in [1.82, 2.24) is 9.55 Å². The lowest BCUT2D eigenvalue weighted by atomic mass is 9.98. The summed E-state index contributed by atoms with van der Waals surface area (Å²) in [6.45, 7) is 7.69. The van der Waals surface area contributed by atoms with E-state index >= 15 is 0 Å². The fourth-order valence-electron chi connectivity index (χ4n) is 1.95. The van der Waals surface area contributed by atoms with Gasteiger partial charge in [0, 0.05) is 12.6 Å². The fourth-order valence-corrected chi connectivity index (χ4v) is 2.23. The lowest BCUT2D eigenvalue weighted by molar-refractivity contribution is 0.367. The molecule has 1 aromatic carbocycles. The minimum Gasteiger partial charge on any atom is -0.497 e. The highest BCUT2D eigenvalue weighted by atomic mass is 32.1. The molecule has 1 N–H and O–H groups in total. The van der Waals surface area contributed by atoms with E-state index in [-0.39, 0.29) is 0 Å². The number of hydrogen-bond donors (Lipinski definition) is 1. The third-order valence-electron chi connectivity index (χ3n) is 3.59. The Morgan fingerprint density at radius 1 is 1.33 bits per heavy atom. The van der Waals surface area contributed by atoms with Crippen molar-refractivity contribution < 1.29 is 4.74 Å². The van der Waals surface area contributed by atoms with Crippen molar-refractivity contribution in [2.24, 2.45) is 11.8 Å². The first-order valence-corrected chi connectivity index (χ1v) is 6.70. The minimum absolute atomic E-state index is 0.595. The number of aromatic nitrogens is 2. The van der Waals surface area contributed by atoms with Gasteiger partial charge in [-0.1, -0.05) is 20.8 Å². The molecule has 2 aromatic rings. The Morgan fingerprint density at radius 3 is 2.67 bits per heavy atom. The summed E-state index contributed by atoms with van der Waals surface area (Å²) >= 11 is 5.40. The Balaban J connectivity index is 2.45. The molecule has 1 aromatic heterocycles. The molecule has 1 atom stereocenters. The van der Waals surface area contributed by atoms with Crippen LogP contribution in [0.2, 0.25) is 0 Å². The van der Waals surface area contributed by atoms with Gasteiger partial charge in [-0.15, -0.1) is 0 Å². The zero-order valence-electron chi connectivity index (χ0n) is 11.4. The van der Waals surface area contributed by atoms with Crippen LogP contribution >= 0.6 is 12.2 Å². The second kappa shape index (κ2) is 5.14. The number of ether oxygens (including phenoxy) is 1. The van der Waals surface area contributed by atoms with Gasteiger partial charge in [-0.05, 0) is 36.2 Å². The normalized spacial score (nSPS) is 13.2. The van der Waals surface area contributed by atoms with Crippen molar-refractivity contribution >= 4 is 23.3 Å². The lowest BCUT2D eigenvalue weighted by Gasteiger charge is -2.16. The third-order valence-corrected chi connectivity index (χ3v) is 3.91. The first kappa shape index (κ1) is 13.1. The zero-order chi connectivity index (χ0) is 13.3. The van der Waals surface area contributed by atoms with E-state index in [1.165, 1.54) is 0 Å². The van der Waals surface area contributed by atoms with E-state index in [0.717, 1.165) is 28.1 Å². The smallest absolute Gasteiger partial charge is 0.178 e. The van der Waals surface area contributed by atoms with Gasteiger partial charge in [-0.2, -0.15) is 0 Å². The highest BCUT2D eigenvalue weighted by Gasteiger charge is 2.11. The molecule has 0 aliphatic heterocycles. The van der Waals surface area contributed by atoms with Gasteiger partial charge in [0.2, 0.25) is 0 Å². The summed E-state index contributed by atoms with van der Waals surface area (Å²) in [5.74, 6) is 2.09. The van der Waals surface area contributed by atoms with Crippen LogP contribution in [0.25, 0.3) is 11.0 Å². The second-order valence-electron chi connectivity index (χ2n) is 5.15. The molecular formula is C14H20N2OS. The molecule has 3 nitrogen and oxygen atoms in total. The maximum Gasteiger partial charge on any atom is 0.178 e. The van der Waals surface area contributed by atoms with Crippen LogP contribution in [0.15, 0.2) is 18.2 Å². The highest BCUT2D eigenvalue weighted by Crippen LogP contribution is 2.22. The molecule has 0 fully saturated rings. The number of fused-ring (bicyclic) bond motifs is 1. The molecule has 0 bridgehead atoms. The van der Waals surface area contributed by atoms with Crippen molar-refractivity contribution in [3.05, 3.63) is 23.0 Å². The van der Waals surface area contributed by atoms with Crippen molar-refractivity contribution in [1.29, 1.82) is 0 Å². The lowest BCUT2D eigenvalue weighted by Crippen LogP contribution is -2.13. The van der Waals surface area contributed by atoms with Crippen LogP contribution in [0, 0.1) is 16.6 Å². The molecule has 0 radical (unpaired) electrons. The summed E-state index contributed by atoms with van der Waals surface area (Å²) < 4.78 is 8.19. The first-order valence-electron chi connectivity index (χ1n) is 6.29. The molecule has 18 heavy (non-hydrogen) atoms. The maximum absolute atomic E-state index is 5.40. The SMILES string of the molecule is COc1ccc2c(c1)[nH]c(=S)n2CC(C)C(C)C. The van der Waals surface area contributed by atoms with Crippen LogP contribution < -0.4 is 4.74 Å². The maximum atomic E-state index is 5.40. The molecule has 0 spiro atoms. The Bertz CT molecular complexity index is 597. The quantitative estimate of drug-likeness (QED) is 0.846. The van der Waals surface area contributed by atoms with Gasteiger partial charge in [0.1, 0.15) is 5.75 Å². The average molecular weight is 264 g/mol. The van der Waals surface area contributed by atoms with Gasteiger partial charge in [-0.3, -0.25) is 0 Å². The first-order chi connectivity index (χ1) is 8.52. The molecule has 2 rings (SSSR count). The summed E-state index contributed by atoms with van der Waals surface area (Å²) in [5, 5.41) is 0. The summed E-state index contributed by atoms with van der Waals surface area (Å²) in [4.78, 5) is 3.24. The van der Waals surface area contributed by atoms with Crippen molar-refractivity contribution in [3.8, 4) is 5.75 Å². The Morgan fingerprint density at radius 2 is 2.06 bits per heavy atom. The molecule has 1 unspecified atom stereocenters. The molecule has 4 heteroatoms. The standard InChI is InChI=1S/C14H20N2OS/c1-9(2)10(3)8-16-13-6-5-11(17-4)7-12(13)15-14(16)18/h5-7,9-10H,8H2,1-4H3,(H,15,18).